The molecule has 11 heteroatoms. The molecule has 9 nitrogen and oxygen atoms in total. The first-order chi connectivity index (χ1) is 13.0. The molecule has 1 atom stereocenters. The van der Waals surface area contributed by atoms with Crippen molar-refractivity contribution in [3.05, 3.63) is 18.2 Å². The van der Waals surface area contributed by atoms with E-state index in [1.54, 1.807) is 0 Å². The maximum Gasteiger partial charge on any atom is 0.247 e. The second kappa shape index (κ2) is 7.29. The Labute approximate surface area is 165 Å². The van der Waals surface area contributed by atoms with Crippen LogP contribution in [0.3, 0.4) is 0 Å². The zero-order chi connectivity index (χ0) is 20.7. The van der Waals surface area contributed by atoms with E-state index >= 15 is 0 Å². The number of amides is 1. The van der Waals surface area contributed by atoms with Crippen LogP contribution in [0.15, 0.2) is 23.1 Å². The first-order valence-corrected chi connectivity index (χ1v) is 11.9. The van der Waals surface area contributed by atoms with Gasteiger partial charge in [-0.2, -0.15) is 0 Å². The van der Waals surface area contributed by atoms with Gasteiger partial charge in [0.25, 0.3) is 0 Å². The highest BCUT2D eigenvalue weighted by Gasteiger charge is 2.50. The predicted molar refractivity (Wildman–Crippen MR) is 102 cm³/mol. The summed E-state index contributed by atoms with van der Waals surface area (Å²) in [6.45, 7) is 3.77. The van der Waals surface area contributed by atoms with Crippen LogP contribution in [-0.4, -0.2) is 54.9 Å². The fraction of sp³-hybridized carbons (Fsp3) is 0.588. The van der Waals surface area contributed by atoms with Crippen LogP contribution in [0.25, 0.3) is 0 Å². The van der Waals surface area contributed by atoms with Crippen molar-refractivity contribution in [1.82, 2.24) is 4.72 Å². The highest BCUT2D eigenvalue weighted by Crippen LogP contribution is 2.38. The molecule has 0 saturated carbocycles. The van der Waals surface area contributed by atoms with Crippen molar-refractivity contribution in [2.75, 3.05) is 30.3 Å². The van der Waals surface area contributed by atoms with Crippen LogP contribution in [0.5, 0.6) is 5.75 Å². The van der Waals surface area contributed by atoms with Gasteiger partial charge in [-0.25, -0.2) is 25.9 Å². The van der Waals surface area contributed by atoms with Gasteiger partial charge in [-0.05, 0) is 44.9 Å². The summed E-state index contributed by atoms with van der Waals surface area (Å²) >= 11 is 0. The average Bonchev–Trinajstić information content (AvgIpc) is 3.17. The van der Waals surface area contributed by atoms with Crippen molar-refractivity contribution < 1.29 is 31.1 Å². The molecule has 2 aliphatic rings. The summed E-state index contributed by atoms with van der Waals surface area (Å²) < 4.78 is 64.3. The number of hydrogen-bond donors (Lipinski definition) is 1. The van der Waals surface area contributed by atoms with Gasteiger partial charge < -0.3 is 9.47 Å². The van der Waals surface area contributed by atoms with Gasteiger partial charge in [0.2, 0.25) is 26.0 Å². The molecule has 1 aromatic carbocycles. The van der Waals surface area contributed by atoms with Crippen molar-refractivity contribution >= 4 is 31.6 Å². The van der Waals surface area contributed by atoms with E-state index < -0.39 is 31.4 Å². The van der Waals surface area contributed by atoms with E-state index in [1.165, 1.54) is 33.1 Å². The quantitative estimate of drug-likeness (QED) is 0.708. The largest absolute Gasteiger partial charge is 0.495 e. The van der Waals surface area contributed by atoms with Crippen molar-refractivity contribution in [2.24, 2.45) is 5.41 Å². The minimum atomic E-state index is -4.01. The Bertz CT molecular complexity index is 981. The first-order valence-electron chi connectivity index (χ1n) is 8.85. The summed E-state index contributed by atoms with van der Waals surface area (Å²) in [7, 11) is -6.60. The molecular formula is C17H24N2O7S2. The Morgan fingerprint density at radius 2 is 2.07 bits per heavy atom. The van der Waals surface area contributed by atoms with Crippen LogP contribution >= 0.6 is 0 Å². The SMILES string of the molecule is COc1ccc(N2C(=O)C(C)(C)CS2(=O)=O)cc1S(=O)(=O)NCC1CCCO1. The van der Waals surface area contributed by atoms with Crippen molar-refractivity contribution in [3.8, 4) is 5.75 Å². The van der Waals surface area contributed by atoms with E-state index in [0.717, 1.165) is 18.9 Å². The smallest absolute Gasteiger partial charge is 0.247 e. The minimum absolute atomic E-state index is 0.0335. The normalized spacial score (nSPS) is 23.9. The lowest BCUT2D eigenvalue weighted by Crippen LogP contribution is -2.34. The lowest BCUT2D eigenvalue weighted by atomic mass is 9.95. The topological polar surface area (TPSA) is 119 Å². The van der Waals surface area contributed by atoms with Crippen LogP contribution < -0.4 is 13.8 Å². The second-order valence-electron chi connectivity index (χ2n) is 7.53. The Kier molecular flexibility index (Phi) is 5.47. The maximum absolute atomic E-state index is 12.8. The van der Waals surface area contributed by atoms with E-state index in [1.807, 2.05) is 0 Å². The Hall–Kier alpha value is -1.69. The van der Waals surface area contributed by atoms with Gasteiger partial charge in [-0.15, -0.1) is 0 Å². The molecule has 1 unspecified atom stereocenters. The van der Waals surface area contributed by atoms with Crippen molar-refractivity contribution in [3.63, 3.8) is 0 Å². The molecule has 2 heterocycles. The molecule has 28 heavy (non-hydrogen) atoms. The molecule has 1 aromatic rings. The molecule has 3 rings (SSSR count). The zero-order valence-corrected chi connectivity index (χ0v) is 17.6. The molecule has 2 aliphatic heterocycles. The van der Waals surface area contributed by atoms with Gasteiger partial charge in [-0.3, -0.25) is 4.79 Å². The van der Waals surface area contributed by atoms with Gasteiger partial charge in [-0.1, -0.05) is 0 Å². The third-order valence-electron chi connectivity index (χ3n) is 4.78. The summed E-state index contributed by atoms with van der Waals surface area (Å²) in [6.07, 6.45) is 1.43. The summed E-state index contributed by atoms with van der Waals surface area (Å²) in [5.74, 6) is -0.898. The lowest BCUT2D eigenvalue weighted by molar-refractivity contribution is -0.123. The average molecular weight is 433 g/mol. The number of carbonyl (C=O) groups excluding carboxylic acids is 1. The third kappa shape index (κ3) is 3.88. The van der Waals surface area contributed by atoms with Gasteiger partial charge in [0.15, 0.2) is 0 Å². The van der Waals surface area contributed by atoms with Crippen LogP contribution in [0.4, 0.5) is 5.69 Å². The van der Waals surface area contributed by atoms with Crippen LogP contribution in [0, 0.1) is 5.41 Å². The molecular weight excluding hydrogens is 408 g/mol. The Morgan fingerprint density at radius 3 is 2.61 bits per heavy atom. The van der Waals surface area contributed by atoms with E-state index in [-0.39, 0.29) is 34.7 Å². The molecule has 1 amide bonds. The fourth-order valence-electron chi connectivity index (χ4n) is 3.35. The number of anilines is 1. The number of carbonyl (C=O) groups is 1. The third-order valence-corrected chi connectivity index (χ3v) is 8.25. The first kappa shape index (κ1) is 21.0. The molecule has 2 saturated heterocycles. The van der Waals surface area contributed by atoms with Gasteiger partial charge in [0.1, 0.15) is 10.6 Å². The number of rotatable bonds is 6. The zero-order valence-electron chi connectivity index (χ0n) is 16.0. The van der Waals surface area contributed by atoms with Crippen LogP contribution in [0.2, 0.25) is 0 Å². The molecule has 156 valence electrons. The number of nitrogens with zero attached hydrogens (tertiary/aromatic N) is 1. The number of nitrogens with one attached hydrogen (secondary N) is 1. The van der Waals surface area contributed by atoms with E-state index in [0.29, 0.717) is 10.9 Å². The summed E-state index contributed by atoms with van der Waals surface area (Å²) in [4.78, 5) is 12.4. The van der Waals surface area contributed by atoms with E-state index in [2.05, 4.69) is 4.72 Å². The number of hydrogen-bond acceptors (Lipinski definition) is 7. The highest BCUT2D eigenvalue weighted by molar-refractivity contribution is 7.94. The number of methoxy groups -OCH3 is 1. The van der Waals surface area contributed by atoms with E-state index in [9.17, 15) is 21.6 Å². The second-order valence-corrected chi connectivity index (χ2v) is 11.1. The maximum atomic E-state index is 12.8. The fourth-order valence-corrected chi connectivity index (χ4v) is 6.70. The summed E-state index contributed by atoms with van der Waals surface area (Å²) in [5, 5.41) is 0. The summed E-state index contributed by atoms with van der Waals surface area (Å²) in [5.41, 5.74) is -1.12. The molecule has 2 fully saturated rings. The molecule has 1 N–H and O–H groups in total. The minimum Gasteiger partial charge on any atom is -0.495 e. The Morgan fingerprint density at radius 1 is 1.36 bits per heavy atom. The predicted octanol–water partition coefficient (Wildman–Crippen LogP) is 0.855. The number of ether oxygens (including phenoxy) is 2. The number of sulfonamides is 2. The van der Waals surface area contributed by atoms with Crippen molar-refractivity contribution in [2.45, 2.75) is 37.7 Å². The standard InChI is InChI=1S/C17H24N2O7S2/c1-17(2)11-27(21,22)19(16(17)20)12-6-7-14(25-3)15(9-12)28(23,24)18-10-13-5-4-8-26-13/h6-7,9,13,18H,4-5,8,10-11H2,1-3H3. The lowest BCUT2D eigenvalue weighted by Gasteiger charge is -2.19. The molecule has 0 aromatic heterocycles. The molecule has 0 spiro atoms. The Balaban J connectivity index is 1.97. The van der Waals surface area contributed by atoms with Gasteiger partial charge in [0, 0.05) is 13.2 Å². The number of benzene rings is 1. The van der Waals surface area contributed by atoms with Gasteiger partial charge >= 0.3 is 0 Å². The highest BCUT2D eigenvalue weighted by atomic mass is 32.2. The summed E-state index contributed by atoms with van der Waals surface area (Å²) in [6, 6.07) is 3.84. The molecule has 0 bridgehead atoms. The monoisotopic (exact) mass is 432 g/mol. The van der Waals surface area contributed by atoms with Crippen LogP contribution in [0.1, 0.15) is 26.7 Å². The molecule has 0 aliphatic carbocycles. The van der Waals surface area contributed by atoms with Crippen LogP contribution in [-0.2, 0) is 29.6 Å². The van der Waals surface area contributed by atoms with E-state index in [4.69, 9.17) is 9.47 Å². The molecule has 0 radical (unpaired) electrons. The van der Waals surface area contributed by atoms with Crippen molar-refractivity contribution in [1.29, 1.82) is 0 Å². The van der Waals surface area contributed by atoms with Gasteiger partial charge in [0.05, 0.1) is 30.1 Å².